The van der Waals surface area contributed by atoms with Crippen LogP contribution < -0.4 is 5.32 Å². The van der Waals surface area contributed by atoms with Gasteiger partial charge < -0.3 is 9.88 Å². The number of benzene rings is 7. The van der Waals surface area contributed by atoms with Gasteiger partial charge in [-0.15, -0.1) is 0 Å². The van der Waals surface area contributed by atoms with E-state index in [2.05, 4.69) is 207 Å². The van der Waals surface area contributed by atoms with Crippen LogP contribution >= 0.6 is 0 Å². The first kappa shape index (κ1) is 32.8. The van der Waals surface area contributed by atoms with Crippen LogP contribution in [0.4, 0.5) is 5.69 Å². The Labute approximate surface area is 329 Å². The van der Waals surface area contributed by atoms with Crippen LogP contribution in [0.3, 0.4) is 0 Å². The second-order valence-corrected chi connectivity index (χ2v) is 15.7. The van der Waals surface area contributed by atoms with Crippen LogP contribution in [0.1, 0.15) is 59.8 Å². The molecule has 3 aliphatic rings. The van der Waals surface area contributed by atoms with Crippen LogP contribution in [-0.2, 0) is 5.41 Å². The number of nitrogens with zero attached hydrogens (tertiary/aromatic N) is 1. The Kier molecular flexibility index (Phi) is 7.28. The highest BCUT2D eigenvalue weighted by Crippen LogP contribution is 2.63. The minimum atomic E-state index is -0.412. The minimum Gasteiger partial charge on any atom is -0.361 e. The van der Waals surface area contributed by atoms with E-state index in [-0.39, 0.29) is 6.17 Å². The van der Waals surface area contributed by atoms with Gasteiger partial charge in [-0.2, -0.15) is 0 Å². The molecule has 2 heteroatoms. The largest absolute Gasteiger partial charge is 0.361 e. The summed E-state index contributed by atoms with van der Waals surface area (Å²) in [6.07, 6.45) is 5.63. The monoisotopic (exact) mass is 718 g/mol. The Morgan fingerprint density at radius 3 is 1.95 bits per heavy atom. The fourth-order valence-corrected chi connectivity index (χ4v) is 10.0. The van der Waals surface area contributed by atoms with Crippen molar-refractivity contribution >= 4 is 22.2 Å². The summed E-state index contributed by atoms with van der Waals surface area (Å²) in [5.74, 6) is 0. The molecule has 0 amide bonds. The van der Waals surface area contributed by atoms with Gasteiger partial charge in [-0.3, -0.25) is 0 Å². The highest BCUT2D eigenvalue weighted by molar-refractivity contribution is 5.97. The number of hydrogen-bond acceptors (Lipinski definition) is 1. The summed E-state index contributed by atoms with van der Waals surface area (Å²) in [5.41, 5.74) is 22.9. The van der Waals surface area contributed by atoms with Gasteiger partial charge in [0.15, 0.2) is 0 Å². The Morgan fingerprint density at radius 2 is 1.20 bits per heavy atom. The van der Waals surface area contributed by atoms with Crippen LogP contribution in [0.25, 0.3) is 61.1 Å². The van der Waals surface area contributed by atoms with Crippen LogP contribution in [0.15, 0.2) is 182 Å². The van der Waals surface area contributed by atoms with E-state index >= 15 is 0 Å². The molecule has 1 spiro atoms. The highest BCUT2D eigenvalue weighted by atomic mass is 15.2. The summed E-state index contributed by atoms with van der Waals surface area (Å²) in [7, 11) is 0. The molecule has 56 heavy (non-hydrogen) atoms. The van der Waals surface area contributed by atoms with E-state index in [1.54, 1.807) is 0 Å². The number of nitrogens with one attached hydrogen (secondary N) is 1. The maximum atomic E-state index is 3.89. The summed E-state index contributed by atoms with van der Waals surface area (Å²) in [6, 6.07) is 61.3. The van der Waals surface area contributed by atoms with E-state index in [0.29, 0.717) is 0 Å². The summed E-state index contributed by atoms with van der Waals surface area (Å²) in [4.78, 5) is 0. The predicted molar refractivity (Wildman–Crippen MR) is 235 cm³/mol. The molecule has 2 aliphatic carbocycles. The van der Waals surface area contributed by atoms with E-state index in [1.165, 1.54) is 106 Å². The summed E-state index contributed by atoms with van der Waals surface area (Å²) >= 11 is 0. The third-order valence-corrected chi connectivity index (χ3v) is 12.7. The van der Waals surface area contributed by atoms with E-state index < -0.39 is 5.41 Å². The SMILES string of the molecule is CC/C(=C\C=C(/C)C1Nc2ccccc2-c2cc3ccccc3n21)c1ccc2c(c1)C1(c3ccccc3-c3ccccc31)c1cc(-c3ccc(C)cc3)ccc1-2. The van der Waals surface area contributed by atoms with Crippen LogP contribution in [0, 0.1) is 6.92 Å². The molecule has 1 aromatic heterocycles. The first-order valence-electron chi connectivity index (χ1n) is 19.9. The fraction of sp³-hybridized carbons (Fsp3) is 0.111. The highest BCUT2D eigenvalue weighted by Gasteiger charge is 2.51. The second kappa shape index (κ2) is 12.4. The summed E-state index contributed by atoms with van der Waals surface area (Å²) in [5, 5.41) is 5.15. The van der Waals surface area contributed by atoms with E-state index in [9.17, 15) is 0 Å². The minimum absolute atomic E-state index is 0.00108. The lowest BCUT2D eigenvalue weighted by Crippen LogP contribution is -2.26. The standard InChI is InChI=1S/C54H42N2/c1-4-36(26-23-35(3)53-55-50-19-11-8-16-45(50)52-33-40-13-5-12-20-51(40)56(52)53)38-27-29-43-44-30-28-39(37-24-21-34(2)22-25-37)32-49(44)54(48(43)31-38)46-17-9-6-14-41(46)42-15-7-10-18-47(42)54/h5-33,53,55H,4H2,1-3H3/b35-23+,36-26+. The molecule has 7 aromatic carbocycles. The topological polar surface area (TPSA) is 17.0 Å². The van der Waals surface area contributed by atoms with Gasteiger partial charge in [-0.25, -0.2) is 0 Å². The smallest absolute Gasteiger partial charge is 0.126 e. The number of fused-ring (bicyclic) bond motifs is 15. The normalized spacial score (nSPS) is 15.8. The molecule has 0 saturated heterocycles. The van der Waals surface area contributed by atoms with Gasteiger partial charge in [0.2, 0.25) is 0 Å². The predicted octanol–water partition coefficient (Wildman–Crippen LogP) is 14.0. The molecule has 2 nitrogen and oxygen atoms in total. The van der Waals surface area contributed by atoms with E-state index in [4.69, 9.17) is 0 Å². The van der Waals surface area contributed by atoms with Crippen molar-refractivity contribution in [1.82, 2.24) is 4.57 Å². The molecule has 11 rings (SSSR count). The van der Waals surface area contributed by atoms with Gasteiger partial charge in [0, 0.05) is 16.6 Å². The average molecular weight is 719 g/mol. The average Bonchev–Trinajstić information content (AvgIpc) is 3.88. The number of hydrogen-bond donors (Lipinski definition) is 1. The zero-order valence-corrected chi connectivity index (χ0v) is 32.0. The van der Waals surface area contributed by atoms with Crippen molar-refractivity contribution in [2.24, 2.45) is 0 Å². The summed E-state index contributed by atoms with van der Waals surface area (Å²) < 4.78 is 2.47. The van der Waals surface area contributed by atoms with Crippen molar-refractivity contribution in [3.63, 3.8) is 0 Å². The van der Waals surface area contributed by atoms with Gasteiger partial charge in [-0.05, 0) is 123 Å². The molecule has 0 saturated carbocycles. The van der Waals surface area contributed by atoms with Gasteiger partial charge in [0.25, 0.3) is 0 Å². The van der Waals surface area contributed by atoms with E-state index in [1.807, 2.05) is 0 Å². The molecular formula is C54H42N2. The van der Waals surface area contributed by atoms with Gasteiger partial charge in [0.05, 0.1) is 16.6 Å². The lowest BCUT2D eigenvalue weighted by Gasteiger charge is -2.32. The molecule has 2 heterocycles. The zero-order valence-electron chi connectivity index (χ0n) is 32.0. The van der Waals surface area contributed by atoms with Crippen molar-refractivity contribution in [1.29, 1.82) is 0 Å². The first-order valence-corrected chi connectivity index (χ1v) is 19.9. The van der Waals surface area contributed by atoms with Crippen molar-refractivity contribution in [2.75, 3.05) is 5.32 Å². The van der Waals surface area contributed by atoms with Crippen LogP contribution in [-0.4, -0.2) is 4.57 Å². The van der Waals surface area contributed by atoms with Crippen molar-refractivity contribution in [3.8, 4) is 44.6 Å². The third-order valence-electron chi connectivity index (χ3n) is 12.7. The molecular weight excluding hydrogens is 677 g/mol. The number of anilines is 1. The number of allylic oxidation sites excluding steroid dienone is 3. The maximum Gasteiger partial charge on any atom is 0.126 e. The molecule has 1 unspecified atom stereocenters. The van der Waals surface area contributed by atoms with Crippen molar-refractivity contribution in [3.05, 3.63) is 215 Å². The lowest BCUT2D eigenvalue weighted by atomic mass is 9.70. The second-order valence-electron chi connectivity index (χ2n) is 15.7. The molecule has 8 aromatic rings. The molecule has 1 N–H and O–H groups in total. The fourth-order valence-electron chi connectivity index (χ4n) is 10.0. The number of aryl methyl sites for hydroxylation is 1. The lowest BCUT2D eigenvalue weighted by molar-refractivity contribution is 0.661. The van der Waals surface area contributed by atoms with Gasteiger partial charge in [0.1, 0.15) is 6.17 Å². The molecule has 1 atom stereocenters. The molecule has 0 fully saturated rings. The molecule has 0 radical (unpaired) electrons. The Morgan fingerprint density at radius 1 is 0.589 bits per heavy atom. The Hall–Kier alpha value is -6.64. The Bertz CT molecular complexity index is 2910. The first-order chi connectivity index (χ1) is 27.5. The van der Waals surface area contributed by atoms with Gasteiger partial charge in [-0.1, -0.05) is 158 Å². The van der Waals surface area contributed by atoms with Crippen LogP contribution in [0.5, 0.6) is 0 Å². The maximum absolute atomic E-state index is 3.89. The summed E-state index contributed by atoms with van der Waals surface area (Å²) in [6.45, 7) is 6.71. The molecule has 0 bridgehead atoms. The number of para-hydroxylation sites is 2. The third kappa shape index (κ3) is 4.62. The van der Waals surface area contributed by atoms with Crippen molar-refractivity contribution in [2.45, 2.75) is 38.8 Å². The van der Waals surface area contributed by atoms with Crippen LogP contribution in [0.2, 0.25) is 0 Å². The molecule has 1 aliphatic heterocycles. The molecule has 268 valence electrons. The van der Waals surface area contributed by atoms with Crippen molar-refractivity contribution < 1.29 is 0 Å². The van der Waals surface area contributed by atoms with E-state index in [0.717, 1.165) is 6.42 Å². The number of aromatic nitrogens is 1. The van der Waals surface area contributed by atoms with Gasteiger partial charge >= 0.3 is 0 Å². The number of rotatable bonds is 5. The Balaban J connectivity index is 1.06. The quantitative estimate of drug-likeness (QED) is 0.175. The zero-order chi connectivity index (χ0) is 37.5.